The molecule has 37 heavy (non-hydrogen) atoms. The molecule has 0 saturated heterocycles. The number of ether oxygens (including phenoxy) is 1. The molecule has 1 N–H and O–H groups in total. The van der Waals surface area contributed by atoms with Gasteiger partial charge in [0.15, 0.2) is 17.3 Å². The van der Waals surface area contributed by atoms with Crippen LogP contribution < -0.4 is 10.1 Å². The smallest absolute Gasteiger partial charge is 0.162 e. The predicted octanol–water partition coefficient (Wildman–Crippen LogP) is 7.85. The van der Waals surface area contributed by atoms with E-state index in [0.717, 1.165) is 35.4 Å². The van der Waals surface area contributed by atoms with Crippen molar-refractivity contribution in [2.24, 2.45) is 10.8 Å². The molecule has 0 spiro atoms. The number of nitrogens with one attached hydrogen (secondary N) is 1. The maximum Gasteiger partial charge on any atom is 0.162 e. The summed E-state index contributed by atoms with van der Waals surface area (Å²) < 4.78 is 6.01. The molecular formula is C31H33Cl2NO3. The lowest BCUT2D eigenvalue weighted by molar-refractivity contribution is -0.119. The second-order valence-corrected chi connectivity index (χ2v) is 13.1. The summed E-state index contributed by atoms with van der Waals surface area (Å²) in [6.45, 7) is 10.8. The van der Waals surface area contributed by atoms with E-state index >= 15 is 0 Å². The Hall–Kier alpha value is -2.56. The normalized spacial score (nSPS) is 20.9. The quantitative estimate of drug-likeness (QED) is 0.431. The number of dihydropyridines is 1. The number of hydrogen-bond acceptors (Lipinski definition) is 4. The Labute approximate surface area is 229 Å². The zero-order chi connectivity index (χ0) is 26.7. The Balaban J connectivity index is 1.56. The van der Waals surface area contributed by atoms with Crippen molar-refractivity contribution in [2.45, 2.75) is 72.8 Å². The summed E-state index contributed by atoms with van der Waals surface area (Å²) in [6.07, 6.45) is 2.36. The van der Waals surface area contributed by atoms with Gasteiger partial charge in [-0.3, -0.25) is 9.59 Å². The minimum atomic E-state index is -0.486. The van der Waals surface area contributed by atoms with Gasteiger partial charge in [0.1, 0.15) is 6.61 Å². The van der Waals surface area contributed by atoms with Gasteiger partial charge in [0.25, 0.3) is 0 Å². The lowest BCUT2D eigenvalue weighted by Gasteiger charge is -2.44. The zero-order valence-electron chi connectivity index (χ0n) is 22.1. The molecule has 2 aliphatic carbocycles. The highest BCUT2D eigenvalue weighted by molar-refractivity contribution is 6.37. The predicted molar refractivity (Wildman–Crippen MR) is 148 cm³/mol. The second kappa shape index (κ2) is 9.32. The molecule has 194 valence electrons. The first-order valence-corrected chi connectivity index (χ1v) is 13.6. The van der Waals surface area contributed by atoms with Crippen LogP contribution in [0.3, 0.4) is 0 Å². The van der Waals surface area contributed by atoms with Gasteiger partial charge in [-0.05, 0) is 53.9 Å². The molecule has 0 fully saturated rings. The molecule has 0 unspecified atom stereocenters. The average molecular weight is 539 g/mol. The molecule has 6 heteroatoms. The van der Waals surface area contributed by atoms with Crippen LogP contribution in [0.4, 0.5) is 0 Å². The van der Waals surface area contributed by atoms with Gasteiger partial charge in [0, 0.05) is 41.3 Å². The molecule has 4 nitrogen and oxygen atoms in total. The van der Waals surface area contributed by atoms with Crippen molar-refractivity contribution in [3.05, 3.63) is 85.7 Å². The number of carbonyl (C=O) groups is 2. The first-order valence-electron chi connectivity index (χ1n) is 12.8. The highest BCUT2D eigenvalue weighted by atomic mass is 35.5. The number of ketones is 2. The van der Waals surface area contributed by atoms with E-state index in [4.69, 9.17) is 27.9 Å². The summed E-state index contributed by atoms with van der Waals surface area (Å²) in [5.74, 6) is 0.0524. The largest absolute Gasteiger partial charge is 0.486 e. The van der Waals surface area contributed by atoms with Crippen LogP contribution in [0, 0.1) is 17.8 Å². The van der Waals surface area contributed by atoms with Gasteiger partial charge in [-0.25, -0.2) is 0 Å². The van der Waals surface area contributed by atoms with Crippen molar-refractivity contribution >= 4 is 34.8 Å². The molecule has 1 heterocycles. The van der Waals surface area contributed by atoms with Crippen LogP contribution in [-0.2, 0) is 16.2 Å². The number of hydrogen-bond donors (Lipinski definition) is 1. The fourth-order valence-corrected chi connectivity index (χ4v) is 6.56. The zero-order valence-corrected chi connectivity index (χ0v) is 23.6. The van der Waals surface area contributed by atoms with Crippen molar-refractivity contribution < 1.29 is 14.3 Å². The average Bonchev–Trinajstić information content (AvgIpc) is 2.76. The first kappa shape index (κ1) is 26.1. The van der Waals surface area contributed by atoms with Gasteiger partial charge < -0.3 is 10.1 Å². The molecule has 3 aliphatic rings. The van der Waals surface area contributed by atoms with E-state index in [1.807, 2.05) is 43.3 Å². The minimum Gasteiger partial charge on any atom is -0.486 e. The van der Waals surface area contributed by atoms with Crippen molar-refractivity contribution in [1.82, 2.24) is 5.32 Å². The van der Waals surface area contributed by atoms with Crippen LogP contribution in [0.15, 0.2) is 58.9 Å². The molecule has 1 aliphatic heterocycles. The molecule has 2 aromatic carbocycles. The molecule has 5 rings (SSSR count). The topological polar surface area (TPSA) is 55.4 Å². The third-order valence-electron chi connectivity index (χ3n) is 7.58. The number of aryl methyl sites for hydroxylation is 1. The van der Waals surface area contributed by atoms with E-state index in [1.54, 1.807) is 0 Å². The molecule has 0 bridgehead atoms. The Morgan fingerprint density at radius 3 is 1.81 bits per heavy atom. The van der Waals surface area contributed by atoms with Crippen molar-refractivity contribution in [1.29, 1.82) is 0 Å². The maximum absolute atomic E-state index is 13.5. The van der Waals surface area contributed by atoms with E-state index in [9.17, 15) is 9.59 Å². The number of allylic oxidation sites excluding steroid dienone is 4. The van der Waals surface area contributed by atoms with Crippen molar-refractivity contribution in [3.63, 3.8) is 0 Å². The number of halogens is 2. The summed E-state index contributed by atoms with van der Waals surface area (Å²) in [7, 11) is 0. The van der Waals surface area contributed by atoms with Gasteiger partial charge in [-0.15, -0.1) is 0 Å². The highest BCUT2D eigenvalue weighted by Gasteiger charge is 2.46. The number of carbonyl (C=O) groups excluding carboxylic acids is 2. The lowest BCUT2D eigenvalue weighted by Crippen LogP contribution is -2.42. The van der Waals surface area contributed by atoms with Gasteiger partial charge in [-0.2, -0.15) is 0 Å². The van der Waals surface area contributed by atoms with Crippen LogP contribution in [0.5, 0.6) is 5.75 Å². The standard InChI is InChI=1S/C31H33Cl2NO3/c1-17-6-8-18(9-7-17)16-37-29-20(32)10-19(11-21(29)33)26-27-22(12-30(2,3)14-24(27)35)34-23-13-31(4,5)15-25(36)28(23)26/h6-11,26,34H,12-16H2,1-5H3. The summed E-state index contributed by atoms with van der Waals surface area (Å²) in [4.78, 5) is 27.1. The third kappa shape index (κ3) is 5.11. The van der Waals surface area contributed by atoms with Gasteiger partial charge in [0.2, 0.25) is 0 Å². The maximum atomic E-state index is 13.5. The Morgan fingerprint density at radius 2 is 1.32 bits per heavy atom. The van der Waals surface area contributed by atoms with Gasteiger partial charge in [0.05, 0.1) is 10.0 Å². The van der Waals surface area contributed by atoms with Crippen LogP contribution in [0.2, 0.25) is 10.0 Å². The van der Waals surface area contributed by atoms with Crippen molar-refractivity contribution in [3.8, 4) is 5.75 Å². The summed E-state index contributed by atoms with van der Waals surface area (Å²) in [5.41, 5.74) is 5.82. The molecule has 0 amide bonds. The summed E-state index contributed by atoms with van der Waals surface area (Å²) >= 11 is 13.5. The fraction of sp³-hybridized carbons (Fsp3) is 0.419. The van der Waals surface area contributed by atoms with Crippen LogP contribution >= 0.6 is 23.2 Å². The molecule has 0 aromatic heterocycles. The van der Waals surface area contributed by atoms with E-state index in [2.05, 4.69) is 33.0 Å². The number of benzene rings is 2. The highest BCUT2D eigenvalue weighted by Crippen LogP contribution is 2.52. The number of rotatable bonds is 4. The molecule has 0 radical (unpaired) electrons. The SMILES string of the molecule is Cc1ccc(COc2c(Cl)cc(C3C4=C(CC(C)(C)CC4=O)NC4=C3C(=O)CC(C)(C)C4)cc2Cl)cc1. The molecule has 2 aromatic rings. The van der Waals surface area contributed by atoms with Gasteiger partial charge >= 0.3 is 0 Å². The Bertz CT molecular complexity index is 1290. The Kier molecular flexibility index (Phi) is 6.57. The monoisotopic (exact) mass is 537 g/mol. The molecule has 0 atom stereocenters. The Morgan fingerprint density at radius 1 is 0.838 bits per heavy atom. The second-order valence-electron chi connectivity index (χ2n) is 12.3. The van der Waals surface area contributed by atoms with Crippen LogP contribution in [-0.4, -0.2) is 11.6 Å². The lowest BCUT2D eigenvalue weighted by atomic mass is 9.64. The van der Waals surface area contributed by atoms with E-state index in [0.29, 0.717) is 46.4 Å². The third-order valence-corrected chi connectivity index (χ3v) is 8.14. The van der Waals surface area contributed by atoms with E-state index < -0.39 is 5.92 Å². The van der Waals surface area contributed by atoms with Crippen LogP contribution in [0.25, 0.3) is 0 Å². The summed E-state index contributed by atoms with van der Waals surface area (Å²) in [6, 6.07) is 11.7. The molecular weight excluding hydrogens is 505 g/mol. The van der Waals surface area contributed by atoms with Crippen molar-refractivity contribution in [2.75, 3.05) is 0 Å². The summed E-state index contributed by atoms with van der Waals surface area (Å²) in [5, 5.41) is 4.27. The molecule has 0 saturated carbocycles. The number of Topliss-reactive ketones (excluding diaryl/α,β-unsaturated/α-hetero) is 2. The van der Waals surface area contributed by atoms with E-state index in [-0.39, 0.29) is 22.4 Å². The van der Waals surface area contributed by atoms with Gasteiger partial charge in [-0.1, -0.05) is 80.7 Å². The fourth-order valence-electron chi connectivity index (χ4n) is 5.95. The van der Waals surface area contributed by atoms with E-state index in [1.165, 1.54) is 5.56 Å². The van der Waals surface area contributed by atoms with Crippen LogP contribution in [0.1, 0.15) is 76.0 Å². The minimum absolute atomic E-state index is 0.0693. The first-order chi connectivity index (χ1) is 17.3.